The normalized spacial score (nSPS) is 27.6. The molecule has 3 rings (SSSR count). The van der Waals surface area contributed by atoms with Gasteiger partial charge < -0.3 is 15.8 Å². The lowest BCUT2D eigenvalue weighted by atomic mass is 9.85. The van der Waals surface area contributed by atoms with Crippen LogP contribution in [-0.2, 0) is 10.3 Å². The van der Waals surface area contributed by atoms with Crippen LogP contribution in [0.5, 0.6) is 0 Å². The predicted octanol–water partition coefficient (Wildman–Crippen LogP) is 3.42. The van der Waals surface area contributed by atoms with E-state index in [9.17, 15) is 13.2 Å². The maximum absolute atomic E-state index is 14.6. The molecule has 1 atom stereocenters. The third-order valence-corrected chi connectivity index (χ3v) is 4.83. The van der Waals surface area contributed by atoms with E-state index in [1.165, 1.54) is 19.1 Å². The molecule has 1 aliphatic carbocycles. The quantitative estimate of drug-likeness (QED) is 0.886. The Bertz CT molecular complexity index is 644. The molecule has 4 nitrogen and oxygen atoms in total. The highest BCUT2D eigenvalue weighted by Gasteiger charge is 2.54. The first-order chi connectivity index (χ1) is 11.3. The summed E-state index contributed by atoms with van der Waals surface area (Å²) in [4.78, 5) is 3.92. The van der Waals surface area contributed by atoms with Crippen molar-refractivity contribution in [1.82, 2.24) is 0 Å². The number of rotatable bonds is 3. The van der Waals surface area contributed by atoms with E-state index in [1.807, 2.05) is 0 Å². The predicted molar refractivity (Wildman–Crippen MR) is 87.0 cm³/mol. The smallest absolute Gasteiger partial charge is 0.299 e. The van der Waals surface area contributed by atoms with Crippen LogP contribution in [0.3, 0.4) is 0 Å². The van der Waals surface area contributed by atoms with Gasteiger partial charge in [0.2, 0.25) is 0 Å². The van der Waals surface area contributed by atoms with E-state index < -0.39 is 23.9 Å². The molecular weight excluding hydrogens is 319 g/mol. The van der Waals surface area contributed by atoms with E-state index in [-0.39, 0.29) is 18.0 Å². The number of amidine groups is 1. The summed E-state index contributed by atoms with van der Waals surface area (Å²) in [5.74, 6) is -4.17. The molecule has 0 bridgehead atoms. The monoisotopic (exact) mass is 341 g/mol. The second kappa shape index (κ2) is 6.27. The number of hydrogen-bond donors (Lipinski definition) is 2. The van der Waals surface area contributed by atoms with Crippen molar-refractivity contribution in [3.05, 3.63) is 29.6 Å². The third kappa shape index (κ3) is 3.09. The van der Waals surface area contributed by atoms with Gasteiger partial charge in [0.1, 0.15) is 24.9 Å². The number of nitrogens with two attached hydrogens (primary N) is 1. The number of alkyl halides is 2. The fourth-order valence-corrected chi connectivity index (χ4v) is 3.38. The zero-order valence-electron chi connectivity index (χ0n) is 13.6. The van der Waals surface area contributed by atoms with Crippen LogP contribution in [-0.4, -0.2) is 31.0 Å². The molecular formula is C17H22F3N3O. The van der Waals surface area contributed by atoms with Crippen molar-refractivity contribution in [2.24, 2.45) is 10.7 Å². The van der Waals surface area contributed by atoms with Gasteiger partial charge in [-0.05, 0) is 38.0 Å². The van der Waals surface area contributed by atoms with Gasteiger partial charge in [-0.25, -0.2) is 13.2 Å². The van der Waals surface area contributed by atoms with Gasteiger partial charge >= 0.3 is 0 Å². The molecule has 1 aromatic carbocycles. The van der Waals surface area contributed by atoms with Crippen LogP contribution in [0, 0.1) is 5.82 Å². The highest BCUT2D eigenvalue weighted by molar-refractivity contribution is 5.82. The second-order valence-corrected chi connectivity index (χ2v) is 6.69. The van der Waals surface area contributed by atoms with Crippen molar-refractivity contribution in [2.75, 3.05) is 18.5 Å². The molecule has 1 fully saturated rings. The lowest BCUT2D eigenvalue weighted by Gasteiger charge is -2.33. The average Bonchev–Trinajstić information content (AvgIpc) is 2.98. The van der Waals surface area contributed by atoms with Crippen LogP contribution in [0.1, 0.15) is 38.2 Å². The molecule has 0 amide bonds. The summed E-state index contributed by atoms with van der Waals surface area (Å²) in [6, 6.07) is 4.48. The number of aliphatic imine (C=N–C) groups is 1. The van der Waals surface area contributed by atoms with E-state index in [4.69, 9.17) is 10.5 Å². The summed E-state index contributed by atoms with van der Waals surface area (Å²) in [6.45, 7) is 0.159. The first-order valence-electron chi connectivity index (χ1n) is 8.18. The van der Waals surface area contributed by atoms with Crippen LogP contribution in [0.4, 0.5) is 18.9 Å². The number of halogens is 3. The van der Waals surface area contributed by atoms with Crippen LogP contribution in [0.25, 0.3) is 0 Å². The van der Waals surface area contributed by atoms with E-state index in [1.54, 1.807) is 6.07 Å². The molecule has 3 N–H and O–H groups in total. The van der Waals surface area contributed by atoms with Crippen LogP contribution in [0.15, 0.2) is 23.2 Å². The van der Waals surface area contributed by atoms with Crippen LogP contribution in [0.2, 0.25) is 0 Å². The van der Waals surface area contributed by atoms with E-state index in [0.29, 0.717) is 11.7 Å². The number of benzene rings is 1. The Morgan fingerprint density at radius 1 is 1.29 bits per heavy atom. The molecule has 1 aromatic rings. The second-order valence-electron chi connectivity index (χ2n) is 6.69. The first-order valence-corrected chi connectivity index (χ1v) is 8.18. The molecule has 7 heteroatoms. The molecule has 0 unspecified atom stereocenters. The fourth-order valence-electron chi connectivity index (χ4n) is 3.38. The van der Waals surface area contributed by atoms with Crippen LogP contribution < -0.4 is 11.1 Å². The molecule has 1 heterocycles. The zero-order chi connectivity index (χ0) is 17.4. The molecule has 0 radical (unpaired) electrons. The Hall–Kier alpha value is -1.76. The van der Waals surface area contributed by atoms with Gasteiger partial charge in [-0.15, -0.1) is 0 Å². The van der Waals surface area contributed by atoms with Gasteiger partial charge in [-0.2, -0.15) is 0 Å². The molecule has 1 aliphatic heterocycles. The minimum atomic E-state index is -3.37. The summed E-state index contributed by atoms with van der Waals surface area (Å²) in [5, 5.41) is 3.30. The largest absolute Gasteiger partial charge is 0.385 e. The minimum absolute atomic E-state index is 0.0665. The molecule has 24 heavy (non-hydrogen) atoms. The summed E-state index contributed by atoms with van der Waals surface area (Å²) < 4.78 is 48.5. The summed E-state index contributed by atoms with van der Waals surface area (Å²) in [5.41, 5.74) is 3.98. The third-order valence-electron chi connectivity index (χ3n) is 4.83. The Morgan fingerprint density at radius 3 is 2.71 bits per heavy atom. The molecule has 0 saturated heterocycles. The van der Waals surface area contributed by atoms with Gasteiger partial charge in [-0.3, -0.25) is 4.99 Å². The minimum Gasteiger partial charge on any atom is -0.385 e. The molecule has 0 spiro atoms. The number of anilines is 1. The van der Waals surface area contributed by atoms with Crippen molar-refractivity contribution in [2.45, 2.75) is 50.1 Å². The number of hydrogen-bond acceptors (Lipinski definition) is 4. The standard InChI is InChI=1S/C17H22F3N3O/c1-16(17(19,20)10-24-9-15(21)23-16)13-8-12(6-7-14(13)18)22-11-4-2-3-5-11/h6-8,11,22H,2-5,9-10H2,1H3,(H2,21,23)/t16-/m1/s1. The van der Waals surface area contributed by atoms with Gasteiger partial charge in [0, 0.05) is 17.3 Å². The Labute approximate surface area is 139 Å². The maximum Gasteiger partial charge on any atom is 0.299 e. The molecule has 132 valence electrons. The Balaban J connectivity index is 2.00. The summed E-state index contributed by atoms with van der Waals surface area (Å²) in [7, 11) is 0. The number of nitrogens with zero attached hydrogens (tertiary/aromatic N) is 1. The lowest BCUT2D eigenvalue weighted by molar-refractivity contribution is -0.116. The van der Waals surface area contributed by atoms with Crippen LogP contribution >= 0.6 is 0 Å². The molecule has 0 aromatic heterocycles. The highest BCUT2D eigenvalue weighted by atomic mass is 19.3. The number of ether oxygens (including phenoxy) is 1. The van der Waals surface area contributed by atoms with Crippen molar-refractivity contribution in [3.63, 3.8) is 0 Å². The van der Waals surface area contributed by atoms with Gasteiger partial charge in [-0.1, -0.05) is 12.8 Å². The van der Waals surface area contributed by atoms with Crippen molar-refractivity contribution < 1.29 is 17.9 Å². The SMILES string of the molecule is C[C@]1(c2cc(NC3CCCC3)ccc2F)N=C(N)COCC1(F)F. The number of nitrogens with one attached hydrogen (secondary N) is 1. The van der Waals surface area contributed by atoms with Crippen molar-refractivity contribution >= 4 is 11.5 Å². The lowest BCUT2D eigenvalue weighted by Crippen LogP contribution is -2.45. The zero-order valence-corrected chi connectivity index (χ0v) is 13.6. The highest BCUT2D eigenvalue weighted by Crippen LogP contribution is 2.44. The Kier molecular flexibility index (Phi) is 4.46. The van der Waals surface area contributed by atoms with E-state index in [0.717, 1.165) is 25.7 Å². The molecule has 1 saturated carbocycles. The average molecular weight is 341 g/mol. The fraction of sp³-hybridized carbons (Fsp3) is 0.588. The van der Waals surface area contributed by atoms with E-state index >= 15 is 0 Å². The Morgan fingerprint density at radius 2 is 2.00 bits per heavy atom. The van der Waals surface area contributed by atoms with Crippen molar-refractivity contribution in [3.8, 4) is 0 Å². The molecule has 2 aliphatic rings. The maximum atomic E-state index is 14.6. The van der Waals surface area contributed by atoms with Gasteiger partial charge in [0.05, 0.1) is 0 Å². The van der Waals surface area contributed by atoms with Crippen molar-refractivity contribution in [1.29, 1.82) is 0 Å². The summed E-state index contributed by atoms with van der Waals surface area (Å²) in [6.07, 6.45) is 4.33. The summed E-state index contributed by atoms with van der Waals surface area (Å²) >= 11 is 0. The van der Waals surface area contributed by atoms with E-state index in [2.05, 4.69) is 10.3 Å². The topological polar surface area (TPSA) is 59.6 Å². The van der Waals surface area contributed by atoms with Gasteiger partial charge in [0.25, 0.3) is 5.92 Å². The van der Waals surface area contributed by atoms with Gasteiger partial charge in [0.15, 0.2) is 5.54 Å². The first kappa shape index (κ1) is 17.1.